The molecule has 1 heterocycles. The zero-order valence-electron chi connectivity index (χ0n) is 16.7. The Morgan fingerprint density at radius 2 is 1.72 bits per heavy atom. The van der Waals surface area contributed by atoms with Crippen molar-refractivity contribution in [1.82, 2.24) is 4.90 Å². The van der Waals surface area contributed by atoms with E-state index in [1.807, 2.05) is 19.1 Å². The molecule has 3 rings (SSSR count). The van der Waals surface area contributed by atoms with Crippen LogP contribution in [0.15, 0.2) is 53.1 Å². The molecule has 0 atom stereocenters. The summed E-state index contributed by atoms with van der Waals surface area (Å²) in [6.07, 6.45) is 1.73. The number of likely N-dealkylation sites (N-methyl/N-ethyl adjacent to an activating group) is 1. The van der Waals surface area contributed by atoms with Crippen LogP contribution < -0.4 is 14.8 Å². The van der Waals surface area contributed by atoms with Crippen LogP contribution in [0.4, 0.5) is 5.69 Å². The molecule has 0 saturated heterocycles. The fourth-order valence-electron chi connectivity index (χ4n) is 3.03. The predicted molar refractivity (Wildman–Crippen MR) is 110 cm³/mol. The Hall–Kier alpha value is -3.48. The predicted octanol–water partition coefficient (Wildman–Crippen LogP) is 3.48. The molecule has 0 radical (unpaired) electrons. The minimum Gasteiger partial charge on any atom is -0.497 e. The lowest BCUT2D eigenvalue weighted by molar-refractivity contribution is -0.133. The van der Waals surface area contributed by atoms with Gasteiger partial charge in [-0.25, -0.2) is 0 Å². The second-order valence-corrected chi connectivity index (χ2v) is 6.48. The van der Waals surface area contributed by atoms with Gasteiger partial charge in [-0.3, -0.25) is 9.59 Å². The smallest absolute Gasteiger partial charge is 0.243 e. The van der Waals surface area contributed by atoms with Gasteiger partial charge >= 0.3 is 0 Å². The van der Waals surface area contributed by atoms with Gasteiger partial charge in [0, 0.05) is 29.2 Å². The van der Waals surface area contributed by atoms with Crippen molar-refractivity contribution in [2.45, 2.75) is 13.3 Å². The van der Waals surface area contributed by atoms with Crippen molar-refractivity contribution in [2.75, 3.05) is 32.6 Å². The van der Waals surface area contributed by atoms with Gasteiger partial charge in [0.1, 0.15) is 17.1 Å². The molecule has 2 aromatic carbocycles. The first-order valence-electron chi connectivity index (χ1n) is 9.29. The van der Waals surface area contributed by atoms with Crippen molar-refractivity contribution < 1.29 is 23.5 Å². The number of amides is 2. The van der Waals surface area contributed by atoms with Crippen LogP contribution in [0.25, 0.3) is 11.0 Å². The van der Waals surface area contributed by atoms with Crippen LogP contribution in [0.3, 0.4) is 0 Å². The number of anilines is 1. The molecule has 1 N–H and O–H groups in total. The summed E-state index contributed by atoms with van der Waals surface area (Å²) in [5, 5.41) is 3.65. The number of hydrogen-bond acceptors (Lipinski definition) is 5. The SMILES string of the molecule is CCN(CC(=O)Nc1ccc(OC)cc1)C(=O)Cc1coc2cc(OC)ccc12. The first-order chi connectivity index (χ1) is 14.0. The van der Waals surface area contributed by atoms with Crippen molar-refractivity contribution in [3.63, 3.8) is 0 Å². The monoisotopic (exact) mass is 396 g/mol. The molecule has 3 aromatic rings. The fourth-order valence-corrected chi connectivity index (χ4v) is 3.03. The largest absolute Gasteiger partial charge is 0.497 e. The van der Waals surface area contributed by atoms with Gasteiger partial charge in [-0.2, -0.15) is 0 Å². The number of hydrogen-bond donors (Lipinski definition) is 1. The third-order valence-electron chi connectivity index (χ3n) is 4.65. The molecule has 0 spiro atoms. The van der Waals surface area contributed by atoms with Crippen molar-refractivity contribution in [3.05, 3.63) is 54.3 Å². The number of nitrogens with one attached hydrogen (secondary N) is 1. The number of fused-ring (bicyclic) bond motifs is 1. The van der Waals surface area contributed by atoms with Crippen molar-refractivity contribution in [3.8, 4) is 11.5 Å². The molecule has 0 unspecified atom stereocenters. The highest BCUT2D eigenvalue weighted by Gasteiger charge is 2.18. The quantitative estimate of drug-likeness (QED) is 0.630. The van der Waals surface area contributed by atoms with Crippen LogP contribution >= 0.6 is 0 Å². The van der Waals surface area contributed by atoms with Gasteiger partial charge in [0.25, 0.3) is 0 Å². The van der Waals surface area contributed by atoms with Gasteiger partial charge in [0.05, 0.1) is 33.4 Å². The number of carbonyl (C=O) groups is 2. The summed E-state index contributed by atoms with van der Waals surface area (Å²) in [6.45, 7) is 2.25. The van der Waals surface area contributed by atoms with E-state index in [-0.39, 0.29) is 24.8 Å². The Bertz CT molecular complexity index is 994. The molecule has 0 aliphatic carbocycles. The summed E-state index contributed by atoms with van der Waals surface area (Å²) in [6, 6.07) is 12.5. The second-order valence-electron chi connectivity index (χ2n) is 6.48. The van der Waals surface area contributed by atoms with Gasteiger partial charge in [-0.15, -0.1) is 0 Å². The molecule has 2 amide bonds. The standard InChI is InChI=1S/C22H24N2O5/c1-4-24(13-21(25)23-16-5-7-17(27-2)8-6-16)22(26)11-15-14-29-20-12-18(28-3)9-10-19(15)20/h5-10,12,14H,4,11,13H2,1-3H3,(H,23,25). The van der Waals surface area contributed by atoms with E-state index in [1.165, 1.54) is 4.90 Å². The van der Waals surface area contributed by atoms with Gasteiger partial charge in [0.15, 0.2) is 0 Å². The number of furan rings is 1. The summed E-state index contributed by atoms with van der Waals surface area (Å²) >= 11 is 0. The molecule has 0 fully saturated rings. The van der Waals surface area contributed by atoms with Gasteiger partial charge in [-0.1, -0.05) is 0 Å². The summed E-state index contributed by atoms with van der Waals surface area (Å²) in [7, 11) is 3.17. The van der Waals surface area contributed by atoms with Gasteiger partial charge in [0.2, 0.25) is 11.8 Å². The maximum absolute atomic E-state index is 12.7. The topological polar surface area (TPSA) is 81.0 Å². The maximum atomic E-state index is 12.7. The number of benzene rings is 2. The fraction of sp³-hybridized carbons (Fsp3) is 0.273. The molecule has 0 aliphatic rings. The zero-order chi connectivity index (χ0) is 20.8. The lowest BCUT2D eigenvalue weighted by Gasteiger charge is -2.20. The first-order valence-corrected chi connectivity index (χ1v) is 9.29. The Labute approximate surface area is 169 Å². The Balaban J connectivity index is 1.63. The van der Waals surface area contributed by atoms with Crippen molar-refractivity contribution in [1.29, 1.82) is 0 Å². The maximum Gasteiger partial charge on any atom is 0.243 e. The van der Waals surface area contributed by atoms with Crippen LogP contribution in [0.1, 0.15) is 12.5 Å². The molecule has 0 saturated carbocycles. The number of ether oxygens (including phenoxy) is 2. The Morgan fingerprint density at radius 1 is 1.03 bits per heavy atom. The van der Waals surface area contributed by atoms with Crippen LogP contribution in [0.5, 0.6) is 11.5 Å². The summed E-state index contributed by atoms with van der Waals surface area (Å²) in [5.41, 5.74) is 2.09. The normalized spacial score (nSPS) is 10.6. The highest BCUT2D eigenvalue weighted by molar-refractivity contribution is 5.95. The third-order valence-corrected chi connectivity index (χ3v) is 4.65. The summed E-state index contributed by atoms with van der Waals surface area (Å²) in [4.78, 5) is 26.6. The van der Waals surface area contributed by atoms with Crippen LogP contribution in [-0.2, 0) is 16.0 Å². The van der Waals surface area contributed by atoms with E-state index in [9.17, 15) is 9.59 Å². The van der Waals surface area contributed by atoms with Gasteiger partial charge in [-0.05, 0) is 43.3 Å². The van der Waals surface area contributed by atoms with E-state index >= 15 is 0 Å². The summed E-state index contributed by atoms with van der Waals surface area (Å²) < 4.78 is 15.8. The molecule has 7 heteroatoms. The number of nitrogens with zero attached hydrogens (tertiary/aromatic N) is 1. The van der Waals surface area contributed by atoms with E-state index < -0.39 is 0 Å². The van der Waals surface area contributed by atoms with Crippen molar-refractivity contribution in [2.24, 2.45) is 0 Å². The highest BCUT2D eigenvalue weighted by atomic mass is 16.5. The molecule has 0 bridgehead atoms. The van der Waals surface area contributed by atoms with E-state index in [4.69, 9.17) is 13.9 Å². The Morgan fingerprint density at radius 3 is 2.38 bits per heavy atom. The second kappa shape index (κ2) is 9.14. The third kappa shape index (κ3) is 4.87. The van der Waals surface area contributed by atoms with Crippen molar-refractivity contribution >= 4 is 28.5 Å². The molecule has 7 nitrogen and oxygen atoms in total. The lowest BCUT2D eigenvalue weighted by atomic mass is 10.1. The van der Waals surface area contributed by atoms with E-state index in [0.29, 0.717) is 29.3 Å². The number of carbonyl (C=O) groups excluding carboxylic acids is 2. The number of rotatable bonds is 8. The minimum atomic E-state index is -0.257. The van der Waals surface area contributed by atoms with E-state index in [1.54, 1.807) is 50.8 Å². The van der Waals surface area contributed by atoms with E-state index in [0.717, 1.165) is 10.9 Å². The van der Waals surface area contributed by atoms with E-state index in [2.05, 4.69) is 5.32 Å². The minimum absolute atomic E-state index is 0.0228. The molecular weight excluding hydrogens is 372 g/mol. The molecule has 29 heavy (non-hydrogen) atoms. The zero-order valence-corrected chi connectivity index (χ0v) is 16.7. The lowest BCUT2D eigenvalue weighted by Crippen LogP contribution is -2.38. The average Bonchev–Trinajstić information content (AvgIpc) is 3.14. The Kier molecular flexibility index (Phi) is 6.39. The molecule has 1 aromatic heterocycles. The average molecular weight is 396 g/mol. The van der Waals surface area contributed by atoms with Gasteiger partial charge < -0.3 is 24.1 Å². The first kappa shape index (κ1) is 20.3. The summed E-state index contributed by atoms with van der Waals surface area (Å²) in [5.74, 6) is 0.997. The molecular formula is C22H24N2O5. The van der Waals surface area contributed by atoms with Crippen LogP contribution in [0.2, 0.25) is 0 Å². The van der Waals surface area contributed by atoms with Crippen LogP contribution in [0, 0.1) is 0 Å². The molecule has 152 valence electrons. The highest BCUT2D eigenvalue weighted by Crippen LogP contribution is 2.26. The van der Waals surface area contributed by atoms with Crippen LogP contribution in [-0.4, -0.2) is 44.0 Å². The molecule has 0 aliphatic heterocycles. The number of methoxy groups -OCH3 is 2.